The van der Waals surface area contributed by atoms with Crippen LogP contribution in [0.4, 0.5) is 0 Å². The zero-order valence-corrected chi connectivity index (χ0v) is 47.2. The van der Waals surface area contributed by atoms with E-state index in [1.54, 1.807) is 0 Å². The molecule has 0 spiro atoms. The molecule has 0 aromatic heterocycles. The third-order valence-corrected chi connectivity index (χ3v) is 43.6. The van der Waals surface area contributed by atoms with Crippen molar-refractivity contribution in [2.75, 3.05) is 0 Å². The molecule has 0 fully saturated rings. The number of hydrogen-bond acceptors (Lipinski definition) is 2. The molecular formula is C64H62BCl2HfN2O2. The molecule has 10 rings (SSSR count). The normalized spacial score (nSPS) is 15.7. The second kappa shape index (κ2) is 20.3. The summed E-state index contributed by atoms with van der Waals surface area (Å²) in [5, 5.41) is 11.5. The summed E-state index contributed by atoms with van der Waals surface area (Å²) in [5.41, 5.74) is 15.6. The predicted molar refractivity (Wildman–Crippen MR) is 304 cm³/mol. The van der Waals surface area contributed by atoms with E-state index in [9.17, 15) is 26.7 Å². The summed E-state index contributed by atoms with van der Waals surface area (Å²) in [6.07, 6.45) is 6.60. The molecule has 4 nitrogen and oxygen atoms in total. The van der Waals surface area contributed by atoms with E-state index >= 15 is 0 Å². The Hall–Kier alpha value is -5.78. The van der Waals surface area contributed by atoms with E-state index in [2.05, 4.69) is 220 Å². The molecule has 0 saturated carbocycles. The molecule has 361 valence electrons. The Morgan fingerprint density at radius 2 is 0.778 bits per heavy atom. The average Bonchev–Trinajstić information content (AvgIpc) is 3.96. The van der Waals surface area contributed by atoms with E-state index in [1.165, 1.54) is 21.5 Å². The zero-order chi connectivity index (χ0) is 50.3. The number of amides is 2. The van der Waals surface area contributed by atoms with E-state index in [0.29, 0.717) is 0 Å². The van der Waals surface area contributed by atoms with Gasteiger partial charge in [-0.05, 0) is 0 Å². The molecule has 2 atom stereocenters. The number of carbonyl (C=O) groups excluding carboxylic acids is 2. The number of carbonyl (C=O) groups is 2. The third kappa shape index (κ3) is 8.86. The number of hydrogen-bond donors (Lipinski definition) is 2. The second-order valence-electron chi connectivity index (χ2n) is 20.8. The quantitative estimate of drug-likeness (QED) is 0.101. The predicted octanol–water partition coefficient (Wildman–Crippen LogP) is 17.4. The van der Waals surface area contributed by atoms with Crippen LogP contribution in [-0.4, -0.2) is 16.4 Å². The van der Waals surface area contributed by atoms with Crippen LogP contribution in [0.3, 0.4) is 0 Å². The van der Waals surface area contributed by atoms with E-state index in [-0.39, 0.29) is 36.5 Å². The van der Waals surface area contributed by atoms with E-state index in [4.69, 9.17) is 0 Å². The molecule has 2 N–H and O–H groups in total. The molecule has 2 unspecified atom stereocenters. The average molecular weight is 1150 g/mol. The van der Waals surface area contributed by atoms with Crippen LogP contribution in [0.15, 0.2) is 181 Å². The molecule has 2 amide bonds. The Labute approximate surface area is 434 Å². The summed E-state index contributed by atoms with van der Waals surface area (Å²) in [6.45, 7) is 12.7. The van der Waals surface area contributed by atoms with E-state index in [1.807, 2.05) is 13.8 Å². The van der Waals surface area contributed by atoms with Gasteiger partial charge in [-0.15, -0.1) is 0 Å². The maximum atomic E-state index is 14.2. The van der Waals surface area contributed by atoms with Crippen LogP contribution in [0.2, 0.25) is 0 Å². The fraction of sp³-hybridized carbons (Fsp3) is 0.219. The van der Waals surface area contributed by atoms with Gasteiger partial charge < -0.3 is 0 Å². The number of benzene rings is 8. The molecule has 8 aromatic carbocycles. The molecule has 2 aliphatic carbocycles. The first-order valence-corrected chi connectivity index (χ1v) is 40.9. The molecule has 8 aromatic rings. The number of nitrogens with one attached hydrogen (secondary N) is 2. The Morgan fingerprint density at radius 1 is 0.458 bits per heavy atom. The van der Waals surface area contributed by atoms with E-state index < -0.39 is 27.8 Å². The second-order valence-corrected chi connectivity index (χ2v) is 51.2. The van der Waals surface area contributed by atoms with Crippen molar-refractivity contribution < 1.29 is 25.5 Å². The monoisotopic (exact) mass is 1150 g/mol. The van der Waals surface area contributed by atoms with Crippen molar-refractivity contribution >= 4 is 67.2 Å². The fourth-order valence-corrected chi connectivity index (χ4v) is 41.7. The topological polar surface area (TPSA) is 58.2 Å². The maximum absolute atomic E-state index is 14.2. The Balaban J connectivity index is 1.24. The van der Waals surface area contributed by atoms with Crippen LogP contribution in [0.5, 0.6) is 0 Å². The summed E-state index contributed by atoms with van der Waals surface area (Å²) in [4.78, 5) is 28.3. The molecule has 72 heavy (non-hydrogen) atoms. The van der Waals surface area contributed by atoms with Crippen molar-refractivity contribution in [3.8, 4) is 44.5 Å². The van der Waals surface area contributed by atoms with Crippen molar-refractivity contribution in [1.82, 2.24) is 10.5 Å². The molecule has 8 heteroatoms. The molecule has 0 heterocycles. The first-order chi connectivity index (χ1) is 34.8. The van der Waals surface area contributed by atoms with Gasteiger partial charge in [-0.1, -0.05) is 0 Å². The van der Waals surface area contributed by atoms with Crippen molar-refractivity contribution in [3.63, 3.8) is 0 Å². The van der Waals surface area contributed by atoms with Gasteiger partial charge in [0.25, 0.3) is 0 Å². The summed E-state index contributed by atoms with van der Waals surface area (Å²) in [5.74, 6) is 0.0790. The summed E-state index contributed by atoms with van der Waals surface area (Å²) < 4.78 is -1.98. The third-order valence-electron chi connectivity index (χ3n) is 15.1. The SMILES string of the molecule is CCC(=O)N[B](NC(=O)CC)[Hf]([Cl])([Cl])([CH]1C(CC(C)C)=Cc2c(-c3ccccc3-c3cccc4ccccc34)cccc21)[CH]1C(CC(C)C)=Cc2c(-c3ccccc3-c3cccc4ccccc34)cccc21. The first kappa shape index (κ1) is 49.8. The van der Waals surface area contributed by atoms with Crippen LogP contribution in [0.1, 0.15) is 96.8 Å². The van der Waals surface area contributed by atoms with Gasteiger partial charge >= 0.3 is 437 Å². The van der Waals surface area contributed by atoms with Crippen molar-refractivity contribution in [2.45, 2.75) is 74.6 Å². The summed E-state index contributed by atoms with van der Waals surface area (Å²) in [6, 6.07) is 60.7. The number of fused-ring (bicyclic) bond motifs is 4. The van der Waals surface area contributed by atoms with Gasteiger partial charge in [0.15, 0.2) is 0 Å². The molecule has 0 aliphatic heterocycles. The first-order valence-electron chi connectivity index (χ1n) is 25.8. The van der Waals surface area contributed by atoms with E-state index in [0.717, 1.165) is 90.7 Å². The van der Waals surface area contributed by atoms with Crippen molar-refractivity contribution in [1.29, 1.82) is 0 Å². The number of rotatable bonds is 15. The van der Waals surface area contributed by atoms with Crippen LogP contribution in [0.25, 0.3) is 78.2 Å². The van der Waals surface area contributed by atoms with Gasteiger partial charge in [0.2, 0.25) is 0 Å². The van der Waals surface area contributed by atoms with Gasteiger partial charge in [-0.2, -0.15) is 0 Å². The molecule has 2 aliphatic rings. The van der Waals surface area contributed by atoms with Gasteiger partial charge in [-0.3, -0.25) is 0 Å². The van der Waals surface area contributed by atoms with Gasteiger partial charge in [-0.25, -0.2) is 0 Å². The van der Waals surface area contributed by atoms with Gasteiger partial charge in [0, 0.05) is 0 Å². The zero-order valence-electron chi connectivity index (χ0n) is 42.1. The van der Waals surface area contributed by atoms with Crippen molar-refractivity contribution in [2.24, 2.45) is 11.8 Å². The Kier molecular flexibility index (Phi) is 14.0. The minimum absolute atomic E-state index is 0.204. The fourth-order valence-electron chi connectivity index (χ4n) is 12.2. The van der Waals surface area contributed by atoms with Gasteiger partial charge in [0.1, 0.15) is 0 Å². The molecule has 0 radical (unpaired) electrons. The standard InChI is InChI=1S/2C29H25.C6H11BN2O2.2ClH.Hf/c2*1-20(2)17-21-18-23-11-8-16-28(29(23)19-21)27-14-6-5-13-26(27)25-15-7-10-22-9-3-4-12-24(22)25;1-3-5(10)8-7-9-6(11)4-2;;;/h2*3-16,18-20H,17H2,1-2H3;3-4H2,1-2H3,(H-,8,9,10,11);2*1H;/q;;;;;+1/p-1. The van der Waals surface area contributed by atoms with Crippen molar-refractivity contribution in [3.05, 3.63) is 203 Å². The summed E-state index contributed by atoms with van der Waals surface area (Å²) in [7, 11) is 18.5. The number of halogens is 2. The Morgan fingerprint density at radius 3 is 1.17 bits per heavy atom. The van der Waals surface area contributed by atoms with Crippen LogP contribution >= 0.6 is 17.2 Å². The molecular weight excluding hydrogens is 1090 g/mol. The molecule has 0 bridgehead atoms. The van der Waals surface area contributed by atoms with Crippen LogP contribution in [0, 0.1) is 11.8 Å². The van der Waals surface area contributed by atoms with Crippen LogP contribution < -0.4 is 10.5 Å². The minimum atomic E-state index is -6.45. The summed E-state index contributed by atoms with van der Waals surface area (Å²) >= 11 is -6.45. The number of allylic oxidation sites excluding steroid dienone is 2. The molecule has 0 saturated heterocycles. The Bertz CT molecular complexity index is 3250. The van der Waals surface area contributed by atoms with Crippen LogP contribution in [-0.2, 0) is 25.5 Å². The van der Waals surface area contributed by atoms with Gasteiger partial charge in [0.05, 0.1) is 0 Å².